The molecule has 0 aliphatic carbocycles. The monoisotopic (exact) mass is 289 g/mol. The molecule has 2 rings (SSSR count). The van der Waals surface area contributed by atoms with E-state index in [1.807, 2.05) is 13.8 Å². The molecule has 19 heavy (non-hydrogen) atoms. The molecule has 2 aromatic rings. The fraction of sp³-hybridized carbons (Fsp3) is 0.364. The number of alkyl halides is 3. The van der Waals surface area contributed by atoms with E-state index in [-0.39, 0.29) is 21.8 Å². The lowest BCUT2D eigenvalue weighted by Crippen LogP contribution is -2.16. The number of nitrogens with zero attached hydrogens (tertiary/aromatic N) is 2. The number of H-pyrrole nitrogens is 1. The van der Waals surface area contributed by atoms with Crippen LogP contribution in [0.25, 0.3) is 11.0 Å². The molecular formula is C11H10F3N3OS. The van der Waals surface area contributed by atoms with Crippen LogP contribution in [-0.4, -0.2) is 14.5 Å². The van der Waals surface area contributed by atoms with E-state index in [0.717, 1.165) is 0 Å². The third-order valence-electron chi connectivity index (χ3n) is 2.61. The molecule has 4 nitrogen and oxygen atoms in total. The zero-order chi connectivity index (χ0) is 14.4. The number of hydrogen-bond donors (Lipinski definition) is 1. The van der Waals surface area contributed by atoms with Crippen molar-refractivity contribution < 1.29 is 13.2 Å². The molecule has 0 aromatic carbocycles. The number of pyridine rings is 1. The van der Waals surface area contributed by atoms with E-state index in [2.05, 4.69) is 9.97 Å². The van der Waals surface area contributed by atoms with E-state index >= 15 is 0 Å². The molecule has 0 bridgehead atoms. The Labute approximate surface area is 110 Å². The number of halogens is 3. The van der Waals surface area contributed by atoms with Gasteiger partial charge in [0, 0.05) is 18.3 Å². The first-order chi connectivity index (χ1) is 8.70. The number of fused-ring (bicyclic) bond motifs is 1. The van der Waals surface area contributed by atoms with Crippen molar-refractivity contribution in [3.8, 4) is 0 Å². The summed E-state index contributed by atoms with van der Waals surface area (Å²) in [6.45, 7) is 3.67. The zero-order valence-electron chi connectivity index (χ0n) is 10.1. The van der Waals surface area contributed by atoms with Crippen LogP contribution >= 0.6 is 12.2 Å². The van der Waals surface area contributed by atoms with Gasteiger partial charge in [0.2, 0.25) is 4.77 Å². The summed E-state index contributed by atoms with van der Waals surface area (Å²) in [6, 6.07) is 0.489. The van der Waals surface area contributed by atoms with Crippen LogP contribution in [0.1, 0.15) is 25.6 Å². The molecule has 102 valence electrons. The van der Waals surface area contributed by atoms with Gasteiger partial charge in [0.05, 0.1) is 5.39 Å². The van der Waals surface area contributed by atoms with Gasteiger partial charge in [-0.1, -0.05) is 0 Å². The Morgan fingerprint density at radius 1 is 1.42 bits per heavy atom. The third kappa shape index (κ3) is 2.53. The van der Waals surface area contributed by atoms with Crippen LogP contribution in [0.4, 0.5) is 13.2 Å². The number of nitrogens with one attached hydrogen (secondary N) is 1. The van der Waals surface area contributed by atoms with E-state index in [9.17, 15) is 18.0 Å². The molecule has 0 saturated carbocycles. The average molecular weight is 289 g/mol. The molecule has 0 fully saturated rings. The van der Waals surface area contributed by atoms with E-state index in [1.54, 1.807) is 4.57 Å². The second kappa shape index (κ2) is 4.44. The zero-order valence-corrected chi connectivity index (χ0v) is 10.9. The summed E-state index contributed by atoms with van der Waals surface area (Å²) >= 11 is 4.98. The molecule has 1 N–H and O–H groups in total. The molecule has 0 aliphatic heterocycles. The number of hydrogen-bond acceptors (Lipinski definition) is 3. The topological polar surface area (TPSA) is 50.7 Å². The summed E-state index contributed by atoms with van der Waals surface area (Å²) < 4.78 is 39.4. The van der Waals surface area contributed by atoms with Gasteiger partial charge in [-0.25, -0.2) is 4.98 Å². The lowest BCUT2D eigenvalue weighted by Gasteiger charge is -2.12. The van der Waals surface area contributed by atoms with Crippen LogP contribution in [0.15, 0.2) is 17.1 Å². The summed E-state index contributed by atoms with van der Waals surface area (Å²) in [6.07, 6.45) is -3.20. The molecule has 2 aromatic heterocycles. The molecule has 0 saturated heterocycles. The van der Waals surface area contributed by atoms with E-state index in [0.29, 0.717) is 6.07 Å². The molecule has 2 heterocycles. The van der Waals surface area contributed by atoms with Crippen molar-refractivity contribution in [1.82, 2.24) is 14.5 Å². The lowest BCUT2D eigenvalue weighted by molar-refractivity contribution is -0.141. The Morgan fingerprint density at radius 3 is 2.58 bits per heavy atom. The van der Waals surface area contributed by atoms with Crippen LogP contribution < -0.4 is 5.43 Å². The SMILES string of the molecule is CC(C)n1cc2c(=O)cc(C(F)(F)F)[nH]c2nc1=S. The predicted octanol–water partition coefficient (Wildman–Crippen LogP) is 3.05. The Hall–Kier alpha value is -1.70. The summed E-state index contributed by atoms with van der Waals surface area (Å²) in [5.74, 6) is 0. The van der Waals surface area contributed by atoms with E-state index < -0.39 is 17.3 Å². The highest BCUT2D eigenvalue weighted by Gasteiger charge is 2.32. The van der Waals surface area contributed by atoms with Crippen LogP contribution in [0.2, 0.25) is 0 Å². The van der Waals surface area contributed by atoms with Gasteiger partial charge in [-0.2, -0.15) is 13.2 Å². The highest BCUT2D eigenvalue weighted by atomic mass is 32.1. The van der Waals surface area contributed by atoms with Crippen molar-refractivity contribution in [2.75, 3.05) is 0 Å². The molecule has 0 atom stereocenters. The van der Waals surface area contributed by atoms with Crippen LogP contribution in [0, 0.1) is 4.77 Å². The lowest BCUT2D eigenvalue weighted by atomic mass is 10.2. The second-order valence-corrected chi connectivity index (χ2v) is 4.70. The standard InChI is InChI=1S/C11H10F3N3OS/c1-5(2)17-4-6-7(18)3-8(11(12,13)14)15-9(6)16-10(17)19/h3-5H,1-2H3,(H,15,16,19). The van der Waals surface area contributed by atoms with Crippen molar-refractivity contribution in [1.29, 1.82) is 0 Å². The molecule has 0 radical (unpaired) electrons. The summed E-state index contributed by atoms with van der Waals surface area (Å²) in [5.41, 5.74) is -2.02. The first-order valence-electron chi connectivity index (χ1n) is 5.43. The maximum atomic E-state index is 12.6. The maximum absolute atomic E-state index is 12.6. The van der Waals surface area contributed by atoms with E-state index in [4.69, 9.17) is 12.2 Å². The molecule has 0 unspecified atom stereocenters. The minimum Gasteiger partial charge on any atom is -0.335 e. The van der Waals surface area contributed by atoms with Crippen LogP contribution in [-0.2, 0) is 6.18 Å². The average Bonchev–Trinajstić information content (AvgIpc) is 2.26. The number of aromatic amines is 1. The van der Waals surface area contributed by atoms with Crippen molar-refractivity contribution >= 4 is 23.3 Å². The first-order valence-corrected chi connectivity index (χ1v) is 5.84. The van der Waals surface area contributed by atoms with Crippen LogP contribution in [0.3, 0.4) is 0 Å². The van der Waals surface area contributed by atoms with Gasteiger partial charge in [0.15, 0.2) is 5.43 Å². The van der Waals surface area contributed by atoms with E-state index in [1.165, 1.54) is 6.20 Å². The number of rotatable bonds is 1. The number of aromatic nitrogens is 3. The maximum Gasteiger partial charge on any atom is 0.431 e. The Kier molecular flexibility index (Phi) is 3.21. The minimum atomic E-state index is -4.62. The highest BCUT2D eigenvalue weighted by molar-refractivity contribution is 7.71. The van der Waals surface area contributed by atoms with Gasteiger partial charge in [-0.15, -0.1) is 0 Å². The quantitative estimate of drug-likeness (QED) is 0.821. The van der Waals surface area contributed by atoms with Crippen LogP contribution in [0.5, 0.6) is 0 Å². The summed E-state index contributed by atoms with van der Waals surface area (Å²) in [4.78, 5) is 17.7. The van der Waals surface area contributed by atoms with Gasteiger partial charge >= 0.3 is 6.18 Å². The largest absolute Gasteiger partial charge is 0.431 e. The van der Waals surface area contributed by atoms with Gasteiger partial charge in [0.25, 0.3) is 0 Å². The Balaban J connectivity index is 2.82. The van der Waals surface area contributed by atoms with Crippen molar-refractivity contribution in [2.45, 2.75) is 26.1 Å². The fourth-order valence-electron chi connectivity index (χ4n) is 1.64. The van der Waals surface area contributed by atoms with Crippen molar-refractivity contribution in [2.24, 2.45) is 0 Å². The summed E-state index contributed by atoms with van der Waals surface area (Å²) in [7, 11) is 0. The van der Waals surface area contributed by atoms with Gasteiger partial charge in [-0.05, 0) is 26.1 Å². The third-order valence-corrected chi connectivity index (χ3v) is 2.91. The van der Waals surface area contributed by atoms with Gasteiger partial charge in [0.1, 0.15) is 11.3 Å². The Morgan fingerprint density at radius 2 is 2.05 bits per heavy atom. The smallest absolute Gasteiger partial charge is 0.335 e. The molecule has 0 amide bonds. The molecular weight excluding hydrogens is 279 g/mol. The normalized spacial score (nSPS) is 12.3. The molecule has 8 heteroatoms. The van der Waals surface area contributed by atoms with Crippen molar-refractivity contribution in [3.05, 3.63) is 33.0 Å². The Bertz CT molecular complexity index is 745. The molecule has 0 spiro atoms. The van der Waals surface area contributed by atoms with Crippen molar-refractivity contribution in [3.63, 3.8) is 0 Å². The van der Waals surface area contributed by atoms with Gasteiger partial charge in [-0.3, -0.25) is 4.79 Å². The second-order valence-electron chi connectivity index (χ2n) is 4.33. The van der Waals surface area contributed by atoms with Gasteiger partial charge < -0.3 is 9.55 Å². The molecule has 0 aliphatic rings. The predicted molar refractivity (Wildman–Crippen MR) is 66.6 cm³/mol. The summed E-state index contributed by atoms with van der Waals surface area (Å²) in [5, 5.41) is 0.0790. The highest BCUT2D eigenvalue weighted by Crippen LogP contribution is 2.27. The fourth-order valence-corrected chi connectivity index (χ4v) is 1.99. The minimum absolute atomic E-state index is 0.0360. The first kappa shape index (κ1) is 13.7.